The lowest BCUT2D eigenvalue weighted by molar-refractivity contribution is -0.255. The third-order valence-corrected chi connectivity index (χ3v) is 2.84. The first-order valence-electron chi connectivity index (χ1n) is 6.17. The number of aromatic carboxylic acids is 2. The van der Waals surface area contributed by atoms with E-state index in [-0.39, 0.29) is 35.1 Å². The van der Waals surface area contributed by atoms with Gasteiger partial charge in [-0.15, -0.1) is 0 Å². The highest BCUT2D eigenvalue weighted by Crippen LogP contribution is 2.22. The summed E-state index contributed by atoms with van der Waals surface area (Å²) in [6.45, 7) is 2.90. The zero-order valence-electron chi connectivity index (χ0n) is 11.3. The van der Waals surface area contributed by atoms with E-state index in [2.05, 4.69) is 0 Å². The number of rotatable bonds is 6. The van der Waals surface area contributed by atoms with E-state index in [4.69, 9.17) is 0 Å². The van der Waals surface area contributed by atoms with Crippen molar-refractivity contribution in [1.29, 1.82) is 0 Å². The van der Waals surface area contributed by atoms with E-state index >= 15 is 0 Å². The number of carboxylic acid groups (broad SMARTS) is 2. The molecule has 2 unspecified atom stereocenters. The number of carbonyl (C=O) groups is 2. The molecule has 1 aromatic rings. The van der Waals surface area contributed by atoms with Crippen LogP contribution in [0, 0.1) is 0 Å². The molecule has 1 aromatic carbocycles. The van der Waals surface area contributed by atoms with Crippen molar-refractivity contribution in [2.75, 3.05) is 0 Å². The molecule has 110 valence electrons. The van der Waals surface area contributed by atoms with Gasteiger partial charge in [-0.1, -0.05) is 12.1 Å². The lowest BCUT2D eigenvalue weighted by Gasteiger charge is -2.21. The molecule has 0 fully saturated rings. The van der Waals surface area contributed by atoms with Gasteiger partial charge in [0.05, 0.1) is 24.1 Å². The zero-order valence-corrected chi connectivity index (χ0v) is 11.3. The van der Waals surface area contributed by atoms with Crippen LogP contribution in [0.5, 0.6) is 0 Å². The van der Waals surface area contributed by atoms with Gasteiger partial charge >= 0.3 is 0 Å². The summed E-state index contributed by atoms with van der Waals surface area (Å²) in [6.07, 6.45) is -1.82. The van der Waals surface area contributed by atoms with E-state index in [1.165, 1.54) is 26.0 Å². The summed E-state index contributed by atoms with van der Waals surface area (Å²) in [5.41, 5.74) is -0.369. The van der Waals surface area contributed by atoms with E-state index in [0.717, 1.165) is 0 Å². The second kappa shape index (κ2) is 6.49. The topological polar surface area (TPSA) is 121 Å². The molecule has 2 atom stereocenters. The fourth-order valence-electron chi connectivity index (χ4n) is 2.14. The normalized spacial score (nSPS) is 13.8. The van der Waals surface area contributed by atoms with Crippen LogP contribution in [0.3, 0.4) is 0 Å². The molecule has 0 bridgehead atoms. The molecule has 20 heavy (non-hydrogen) atoms. The lowest BCUT2D eigenvalue weighted by atomic mass is 9.90. The molecule has 0 radical (unpaired) electrons. The Bertz CT molecular complexity index is 519. The van der Waals surface area contributed by atoms with Crippen molar-refractivity contribution in [1.82, 2.24) is 0 Å². The molecule has 0 aromatic heterocycles. The van der Waals surface area contributed by atoms with E-state index in [1.54, 1.807) is 0 Å². The van der Waals surface area contributed by atoms with Crippen LogP contribution in [0.2, 0.25) is 0 Å². The Morgan fingerprint density at radius 1 is 1.05 bits per heavy atom. The number of aliphatic hydroxyl groups excluding tert-OH is 2. The van der Waals surface area contributed by atoms with Gasteiger partial charge < -0.3 is 30.0 Å². The Hall–Kier alpha value is -1.92. The average molecular weight is 280 g/mol. The number of carboxylic acids is 2. The highest BCUT2D eigenvalue weighted by atomic mass is 16.4. The number of hydrogen-bond acceptors (Lipinski definition) is 6. The maximum atomic E-state index is 11.3. The Kier molecular flexibility index (Phi) is 5.24. The smallest absolute Gasteiger partial charge is 0.0721 e. The fraction of sp³-hybridized carbons (Fsp3) is 0.429. The lowest BCUT2D eigenvalue weighted by Crippen LogP contribution is -2.31. The number of aliphatic hydroxyl groups is 2. The van der Waals surface area contributed by atoms with Gasteiger partial charge in [-0.3, -0.25) is 0 Å². The van der Waals surface area contributed by atoms with Crippen LogP contribution >= 0.6 is 0 Å². The van der Waals surface area contributed by atoms with Crippen LogP contribution < -0.4 is 10.2 Å². The summed E-state index contributed by atoms with van der Waals surface area (Å²) in [6, 6.07) is 2.53. The zero-order chi connectivity index (χ0) is 15.4. The molecule has 0 aliphatic heterocycles. The van der Waals surface area contributed by atoms with Gasteiger partial charge in [0.2, 0.25) is 0 Å². The maximum Gasteiger partial charge on any atom is 0.0721 e. The quantitative estimate of drug-likeness (QED) is 0.638. The van der Waals surface area contributed by atoms with Gasteiger partial charge in [0.15, 0.2) is 0 Å². The monoisotopic (exact) mass is 280 g/mol. The van der Waals surface area contributed by atoms with Crippen molar-refractivity contribution in [2.45, 2.75) is 38.9 Å². The van der Waals surface area contributed by atoms with Crippen molar-refractivity contribution in [3.8, 4) is 0 Å². The summed E-state index contributed by atoms with van der Waals surface area (Å²) in [5, 5.41) is 41.1. The first-order chi connectivity index (χ1) is 9.23. The molecule has 6 nitrogen and oxygen atoms in total. The first-order valence-corrected chi connectivity index (χ1v) is 6.17. The average Bonchev–Trinajstić information content (AvgIpc) is 2.26. The highest BCUT2D eigenvalue weighted by molar-refractivity contribution is 5.96. The minimum atomic E-state index is -1.54. The molecular formula is C14H16O6-2. The predicted octanol–water partition coefficient (Wildman–Crippen LogP) is -1.74. The predicted molar refractivity (Wildman–Crippen MR) is 65.9 cm³/mol. The van der Waals surface area contributed by atoms with E-state index < -0.39 is 24.1 Å². The molecule has 0 spiro atoms. The van der Waals surface area contributed by atoms with Crippen LogP contribution in [0.25, 0.3) is 0 Å². The third kappa shape index (κ3) is 3.79. The van der Waals surface area contributed by atoms with Crippen molar-refractivity contribution < 1.29 is 30.0 Å². The Labute approximate surface area is 116 Å². The van der Waals surface area contributed by atoms with Gasteiger partial charge in [0.1, 0.15) is 0 Å². The largest absolute Gasteiger partial charge is 0.545 e. The Balaban J connectivity index is 3.51. The first kappa shape index (κ1) is 16.1. The Morgan fingerprint density at radius 3 is 2.00 bits per heavy atom. The van der Waals surface area contributed by atoms with E-state index in [0.29, 0.717) is 0 Å². The molecular weight excluding hydrogens is 264 g/mol. The van der Waals surface area contributed by atoms with Crippen molar-refractivity contribution >= 4 is 11.9 Å². The van der Waals surface area contributed by atoms with E-state index in [9.17, 15) is 30.0 Å². The minimum absolute atomic E-state index is 0.0434. The van der Waals surface area contributed by atoms with Crippen LogP contribution in [-0.2, 0) is 12.8 Å². The van der Waals surface area contributed by atoms with Crippen molar-refractivity contribution in [3.05, 3.63) is 34.4 Å². The summed E-state index contributed by atoms with van der Waals surface area (Å²) < 4.78 is 0. The van der Waals surface area contributed by atoms with Crippen LogP contribution in [0.1, 0.15) is 45.7 Å². The minimum Gasteiger partial charge on any atom is -0.545 e. The summed E-state index contributed by atoms with van der Waals surface area (Å²) >= 11 is 0. The Morgan fingerprint density at radius 2 is 1.60 bits per heavy atom. The molecule has 0 heterocycles. The van der Waals surface area contributed by atoms with Crippen molar-refractivity contribution in [2.24, 2.45) is 0 Å². The summed E-state index contributed by atoms with van der Waals surface area (Å²) in [4.78, 5) is 22.3. The van der Waals surface area contributed by atoms with Crippen LogP contribution in [-0.4, -0.2) is 34.4 Å². The highest BCUT2D eigenvalue weighted by Gasteiger charge is 2.17. The molecule has 0 saturated carbocycles. The van der Waals surface area contributed by atoms with Gasteiger partial charge in [0.25, 0.3) is 0 Å². The molecule has 0 aliphatic rings. The van der Waals surface area contributed by atoms with Gasteiger partial charge in [-0.2, -0.15) is 0 Å². The fourth-order valence-corrected chi connectivity index (χ4v) is 2.14. The molecule has 0 amide bonds. The standard InChI is InChI=1S/C14H18O6/c1-7(15)5-9-3-4-10(13(17)18)11(6-8(2)16)12(9)14(19)20/h3-4,7-8,15-16H,5-6H2,1-2H3,(H,17,18)(H,19,20)/p-2. The summed E-state index contributed by atoms with van der Waals surface area (Å²) in [7, 11) is 0. The second-order valence-corrected chi connectivity index (χ2v) is 4.81. The van der Waals surface area contributed by atoms with Crippen molar-refractivity contribution in [3.63, 3.8) is 0 Å². The molecule has 0 aliphatic carbocycles. The number of benzene rings is 1. The number of carbonyl (C=O) groups excluding carboxylic acids is 2. The molecule has 2 N–H and O–H groups in total. The number of hydrogen-bond donors (Lipinski definition) is 2. The maximum absolute atomic E-state index is 11.3. The van der Waals surface area contributed by atoms with Gasteiger partial charge in [-0.25, -0.2) is 0 Å². The van der Waals surface area contributed by atoms with Crippen LogP contribution in [0.15, 0.2) is 12.1 Å². The molecule has 1 rings (SSSR count). The molecule has 0 saturated heterocycles. The van der Waals surface area contributed by atoms with Gasteiger partial charge in [0, 0.05) is 11.1 Å². The third-order valence-electron chi connectivity index (χ3n) is 2.84. The summed E-state index contributed by atoms with van der Waals surface area (Å²) in [5.74, 6) is -3.06. The van der Waals surface area contributed by atoms with Gasteiger partial charge in [-0.05, 0) is 37.8 Å². The van der Waals surface area contributed by atoms with Crippen LogP contribution in [0.4, 0.5) is 0 Å². The molecule has 6 heteroatoms. The van der Waals surface area contributed by atoms with E-state index in [1.807, 2.05) is 0 Å². The second-order valence-electron chi connectivity index (χ2n) is 4.81. The SMILES string of the molecule is CC(O)Cc1ccc(C(=O)[O-])c(CC(C)O)c1C(=O)[O-].